The largest absolute Gasteiger partial charge is 0.308 e. The van der Waals surface area contributed by atoms with E-state index in [0.717, 1.165) is 29.6 Å². The molecule has 18 heavy (non-hydrogen) atoms. The van der Waals surface area contributed by atoms with E-state index in [1.807, 2.05) is 6.20 Å². The second-order valence-electron chi connectivity index (χ2n) is 4.07. The molecule has 3 nitrogen and oxygen atoms in total. The first-order valence-electron chi connectivity index (χ1n) is 6.01. The normalized spacial score (nSPS) is 12.6. The highest BCUT2D eigenvalue weighted by molar-refractivity contribution is 9.10. The quantitative estimate of drug-likeness (QED) is 0.882. The van der Waals surface area contributed by atoms with Crippen LogP contribution in [0.15, 0.2) is 34.5 Å². The van der Waals surface area contributed by atoms with Crippen LogP contribution in [0.25, 0.3) is 0 Å². The minimum atomic E-state index is 0.240. The summed E-state index contributed by atoms with van der Waals surface area (Å²) in [6.45, 7) is 3.16. The number of rotatable bonds is 6. The van der Waals surface area contributed by atoms with Gasteiger partial charge < -0.3 is 5.32 Å². The van der Waals surface area contributed by atoms with Crippen LogP contribution in [0.1, 0.15) is 30.0 Å². The van der Waals surface area contributed by atoms with Gasteiger partial charge in [0.05, 0.1) is 11.7 Å². The summed E-state index contributed by atoms with van der Waals surface area (Å²) >= 11 is 5.26. The topological polar surface area (TPSA) is 37.8 Å². The van der Waals surface area contributed by atoms with E-state index in [2.05, 4.69) is 49.6 Å². The molecule has 1 atom stereocenters. The molecule has 0 saturated heterocycles. The molecule has 0 spiro atoms. The van der Waals surface area contributed by atoms with Crippen molar-refractivity contribution >= 4 is 27.3 Å². The predicted molar refractivity (Wildman–Crippen MR) is 78.8 cm³/mol. The highest BCUT2D eigenvalue weighted by Gasteiger charge is 2.14. The molecule has 0 saturated carbocycles. The highest BCUT2D eigenvalue weighted by Crippen LogP contribution is 2.24. The molecule has 96 valence electrons. The first-order valence-corrected chi connectivity index (χ1v) is 7.69. The van der Waals surface area contributed by atoms with E-state index in [1.165, 1.54) is 4.88 Å². The van der Waals surface area contributed by atoms with Gasteiger partial charge in [0, 0.05) is 39.7 Å². The zero-order valence-corrected chi connectivity index (χ0v) is 12.7. The summed E-state index contributed by atoms with van der Waals surface area (Å²) < 4.78 is 1.15. The Morgan fingerprint density at radius 3 is 2.94 bits per heavy atom. The van der Waals surface area contributed by atoms with Crippen molar-refractivity contribution in [3.05, 3.63) is 45.1 Å². The van der Waals surface area contributed by atoms with Crippen molar-refractivity contribution in [2.75, 3.05) is 6.54 Å². The van der Waals surface area contributed by atoms with Crippen LogP contribution >= 0.6 is 27.3 Å². The molecule has 0 radical (unpaired) electrons. The second kappa shape index (κ2) is 6.97. The molecule has 0 aliphatic heterocycles. The fourth-order valence-electron chi connectivity index (χ4n) is 1.75. The third-order valence-electron chi connectivity index (χ3n) is 2.61. The summed E-state index contributed by atoms with van der Waals surface area (Å²) in [4.78, 5) is 9.90. The van der Waals surface area contributed by atoms with E-state index in [0.29, 0.717) is 0 Å². The summed E-state index contributed by atoms with van der Waals surface area (Å²) in [7, 11) is 0. The zero-order valence-electron chi connectivity index (χ0n) is 10.3. The van der Waals surface area contributed by atoms with Gasteiger partial charge in [-0.1, -0.05) is 6.92 Å². The Morgan fingerprint density at radius 1 is 1.44 bits per heavy atom. The highest BCUT2D eigenvalue weighted by atomic mass is 79.9. The molecule has 5 heteroatoms. The molecule has 0 amide bonds. The third-order valence-corrected chi connectivity index (χ3v) is 4.33. The maximum absolute atomic E-state index is 4.40. The molecule has 0 aromatic carbocycles. The average Bonchev–Trinajstić information content (AvgIpc) is 2.81. The lowest BCUT2D eigenvalue weighted by Crippen LogP contribution is -2.24. The number of halogens is 1. The maximum Gasteiger partial charge on any atom is 0.0759 e. The van der Waals surface area contributed by atoms with Gasteiger partial charge in [-0.05, 0) is 35.0 Å². The van der Waals surface area contributed by atoms with Gasteiger partial charge in [0.2, 0.25) is 0 Å². The molecular formula is C13H16BrN3S. The predicted octanol–water partition coefficient (Wildman–Crippen LogP) is 3.58. The SMILES string of the molecule is CCCNC(Cc1cc(Br)cs1)c1cnccn1. The molecule has 0 bridgehead atoms. The molecule has 2 rings (SSSR count). The summed E-state index contributed by atoms with van der Waals surface area (Å²) in [6, 6.07) is 2.41. The number of nitrogens with one attached hydrogen (secondary N) is 1. The molecular weight excluding hydrogens is 310 g/mol. The Kier molecular flexibility index (Phi) is 5.28. The van der Waals surface area contributed by atoms with Crippen LogP contribution < -0.4 is 5.32 Å². The van der Waals surface area contributed by atoms with E-state index in [9.17, 15) is 0 Å². The van der Waals surface area contributed by atoms with Gasteiger partial charge in [-0.3, -0.25) is 9.97 Å². The number of hydrogen-bond donors (Lipinski definition) is 1. The molecule has 1 unspecified atom stereocenters. The fraction of sp³-hybridized carbons (Fsp3) is 0.385. The summed E-state index contributed by atoms with van der Waals surface area (Å²) in [5, 5.41) is 5.65. The first kappa shape index (κ1) is 13.6. The van der Waals surface area contributed by atoms with Crippen molar-refractivity contribution in [2.45, 2.75) is 25.8 Å². The van der Waals surface area contributed by atoms with E-state index in [1.54, 1.807) is 23.7 Å². The van der Waals surface area contributed by atoms with Gasteiger partial charge in [-0.15, -0.1) is 11.3 Å². The van der Waals surface area contributed by atoms with Crippen molar-refractivity contribution < 1.29 is 0 Å². The van der Waals surface area contributed by atoms with Gasteiger partial charge in [-0.25, -0.2) is 0 Å². The summed E-state index contributed by atoms with van der Waals surface area (Å²) in [5.41, 5.74) is 1.01. The maximum atomic E-state index is 4.40. The number of nitrogens with zero attached hydrogens (tertiary/aromatic N) is 2. The Morgan fingerprint density at radius 2 is 2.33 bits per heavy atom. The van der Waals surface area contributed by atoms with E-state index in [-0.39, 0.29) is 6.04 Å². The molecule has 2 heterocycles. The third kappa shape index (κ3) is 3.86. The van der Waals surface area contributed by atoms with Gasteiger partial charge in [0.1, 0.15) is 0 Å². The lowest BCUT2D eigenvalue weighted by Gasteiger charge is -2.16. The van der Waals surface area contributed by atoms with Gasteiger partial charge in [0.25, 0.3) is 0 Å². The smallest absolute Gasteiger partial charge is 0.0759 e. The molecule has 0 aliphatic carbocycles. The Balaban J connectivity index is 2.10. The summed E-state index contributed by atoms with van der Waals surface area (Å²) in [5.74, 6) is 0. The Hall–Kier alpha value is -0.780. The van der Waals surface area contributed by atoms with Crippen LogP contribution in [0.3, 0.4) is 0 Å². The van der Waals surface area contributed by atoms with Crippen LogP contribution in [-0.4, -0.2) is 16.5 Å². The molecule has 1 N–H and O–H groups in total. The second-order valence-corrected chi connectivity index (χ2v) is 5.98. The zero-order chi connectivity index (χ0) is 12.8. The first-order chi connectivity index (χ1) is 8.79. The van der Waals surface area contributed by atoms with Crippen LogP contribution in [-0.2, 0) is 6.42 Å². The van der Waals surface area contributed by atoms with Crippen LogP contribution in [0, 0.1) is 0 Å². The van der Waals surface area contributed by atoms with E-state index in [4.69, 9.17) is 0 Å². The minimum Gasteiger partial charge on any atom is -0.308 e. The Labute approximate surface area is 120 Å². The molecule has 2 aromatic heterocycles. The van der Waals surface area contributed by atoms with E-state index >= 15 is 0 Å². The number of thiophene rings is 1. The Bertz CT molecular complexity index is 472. The van der Waals surface area contributed by atoms with Gasteiger partial charge in [0.15, 0.2) is 0 Å². The van der Waals surface area contributed by atoms with Crippen molar-refractivity contribution in [1.29, 1.82) is 0 Å². The van der Waals surface area contributed by atoms with E-state index < -0.39 is 0 Å². The van der Waals surface area contributed by atoms with Crippen LogP contribution in [0.2, 0.25) is 0 Å². The van der Waals surface area contributed by atoms with Crippen molar-refractivity contribution in [3.63, 3.8) is 0 Å². The van der Waals surface area contributed by atoms with Crippen LogP contribution in [0.5, 0.6) is 0 Å². The molecule has 2 aromatic rings. The minimum absolute atomic E-state index is 0.240. The van der Waals surface area contributed by atoms with Crippen molar-refractivity contribution in [2.24, 2.45) is 0 Å². The summed E-state index contributed by atoms with van der Waals surface area (Å²) in [6.07, 6.45) is 7.37. The average molecular weight is 326 g/mol. The fourth-order valence-corrected chi connectivity index (χ4v) is 3.25. The standard InChI is InChI=1S/C13H16BrN3S/c1-2-3-16-12(13-8-15-4-5-17-13)7-11-6-10(14)9-18-11/h4-6,8-9,12,16H,2-3,7H2,1H3. The lowest BCUT2D eigenvalue weighted by atomic mass is 10.1. The van der Waals surface area contributed by atoms with Crippen molar-refractivity contribution in [1.82, 2.24) is 15.3 Å². The van der Waals surface area contributed by atoms with Gasteiger partial charge >= 0.3 is 0 Å². The van der Waals surface area contributed by atoms with Crippen molar-refractivity contribution in [3.8, 4) is 0 Å². The number of aromatic nitrogens is 2. The molecule has 0 fully saturated rings. The lowest BCUT2D eigenvalue weighted by molar-refractivity contribution is 0.519. The monoisotopic (exact) mass is 325 g/mol. The number of hydrogen-bond acceptors (Lipinski definition) is 4. The van der Waals surface area contributed by atoms with Gasteiger partial charge in [-0.2, -0.15) is 0 Å². The molecule has 0 aliphatic rings. The van der Waals surface area contributed by atoms with Crippen LogP contribution in [0.4, 0.5) is 0 Å².